The number of carboxylic acids is 1. The van der Waals surface area contributed by atoms with Crippen LogP contribution in [0.1, 0.15) is 48.2 Å². The molecular weight excluding hydrogens is 372 g/mol. The molecule has 28 heavy (non-hydrogen) atoms. The van der Waals surface area contributed by atoms with E-state index in [1.165, 1.54) is 43.4 Å². The number of phenolic OH excluding ortho intramolecular Hbond substituents is 1. The number of aromatic hydroxyl groups is 1. The van der Waals surface area contributed by atoms with Crippen molar-refractivity contribution in [1.82, 2.24) is 9.55 Å². The fourth-order valence-electron chi connectivity index (χ4n) is 4.07. The molecule has 4 rings (SSSR count). The van der Waals surface area contributed by atoms with Gasteiger partial charge in [0.05, 0.1) is 17.0 Å². The molecule has 0 spiro atoms. The van der Waals surface area contributed by atoms with Gasteiger partial charge in [0, 0.05) is 23.2 Å². The number of carboxylic acid groups (broad SMARTS) is 1. The molecule has 3 aromatic rings. The van der Waals surface area contributed by atoms with Gasteiger partial charge in [0.2, 0.25) is 0 Å². The molecule has 0 bridgehead atoms. The Morgan fingerprint density at radius 2 is 1.93 bits per heavy atom. The Balaban J connectivity index is 1.71. The van der Waals surface area contributed by atoms with Gasteiger partial charge in [-0.2, -0.15) is 0 Å². The predicted octanol–water partition coefficient (Wildman–Crippen LogP) is 5.57. The number of carbonyl (C=O) groups is 1. The number of benzene rings is 1. The number of phenols is 1. The van der Waals surface area contributed by atoms with Crippen LogP contribution in [0.4, 0.5) is 0 Å². The molecule has 0 amide bonds. The third-order valence-electron chi connectivity index (χ3n) is 5.64. The monoisotopic (exact) mass is 396 g/mol. The molecule has 0 atom stereocenters. The maximum Gasteiger partial charge on any atom is 0.337 e. The average molecular weight is 397 g/mol. The first kappa shape index (κ1) is 18.7. The molecular formula is C22H24N2O3S. The number of hydrogen-bond acceptors (Lipinski definition) is 4. The minimum atomic E-state index is -0.893. The van der Waals surface area contributed by atoms with Crippen molar-refractivity contribution in [2.45, 2.75) is 45.6 Å². The minimum Gasteiger partial charge on any atom is -0.508 e. The summed E-state index contributed by atoms with van der Waals surface area (Å²) in [6.07, 6.45) is 6.22. The summed E-state index contributed by atoms with van der Waals surface area (Å²) in [5, 5.41) is 21.9. The van der Waals surface area contributed by atoms with Gasteiger partial charge in [-0.3, -0.25) is 0 Å². The fourth-order valence-corrected chi connectivity index (χ4v) is 4.88. The lowest BCUT2D eigenvalue weighted by Crippen LogP contribution is -2.16. The summed E-state index contributed by atoms with van der Waals surface area (Å²) in [5.41, 5.74) is 3.77. The van der Waals surface area contributed by atoms with Crippen LogP contribution in [0.15, 0.2) is 35.7 Å². The van der Waals surface area contributed by atoms with Crippen LogP contribution in [0.3, 0.4) is 0 Å². The Labute approximate surface area is 168 Å². The van der Waals surface area contributed by atoms with E-state index < -0.39 is 5.97 Å². The van der Waals surface area contributed by atoms with Crippen molar-refractivity contribution in [3.05, 3.63) is 47.0 Å². The average Bonchev–Trinajstić information content (AvgIpc) is 3.29. The second kappa shape index (κ2) is 7.80. The molecule has 1 fully saturated rings. The van der Waals surface area contributed by atoms with Crippen LogP contribution >= 0.6 is 11.3 Å². The number of rotatable bonds is 5. The lowest BCUT2D eigenvalue weighted by molar-refractivity contribution is 0.0696. The highest BCUT2D eigenvalue weighted by molar-refractivity contribution is 7.13. The summed E-state index contributed by atoms with van der Waals surface area (Å²) in [4.78, 5) is 16.5. The van der Waals surface area contributed by atoms with E-state index in [0.717, 1.165) is 34.2 Å². The van der Waals surface area contributed by atoms with Crippen molar-refractivity contribution >= 4 is 17.3 Å². The third-order valence-corrected chi connectivity index (χ3v) is 6.53. The number of nitrogens with zero attached hydrogens (tertiary/aromatic N) is 2. The zero-order valence-electron chi connectivity index (χ0n) is 15.9. The third kappa shape index (κ3) is 3.69. The van der Waals surface area contributed by atoms with E-state index in [1.807, 2.05) is 24.4 Å². The topological polar surface area (TPSA) is 75.3 Å². The summed E-state index contributed by atoms with van der Waals surface area (Å²) < 4.78 is 2.15. The Hall–Kier alpha value is -2.60. The van der Waals surface area contributed by atoms with Gasteiger partial charge in [-0.25, -0.2) is 9.78 Å². The van der Waals surface area contributed by atoms with Crippen LogP contribution < -0.4 is 0 Å². The number of thiazole rings is 1. The smallest absolute Gasteiger partial charge is 0.337 e. The van der Waals surface area contributed by atoms with Crippen molar-refractivity contribution in [1.29, 1.82) is 0 Å². The quantitative estimate of drug-likeness (QED) is 0.591. The van der Waals surface area contributed by atoms with Crippen molar-refractivity contribution in [2.24, 2.45) is 5.92 Å². The molecule has 2 heterocycles. The van der Waals surface area contributed by atoms with E-state index in [-0.39, 0.29) is 5.75 Å². The second-order valence-electron chi connectivity index (χ2n) is 7.53. The van der Waals surface area contributed by atoms with Crippen LogP contribution in [-0.2, 0) is 6.54 Å². The number of aromatic carboxylic acids is 1. The first-order chi connectivity index (χ1) is 13.5. The van der Waals surface area contributed by atoms with E-state index in [1.54, 1.807) is 18.2 Å². The van der Waals surface area contributed by atoms with E-state index in [4.69, 9.17) is 4.98 Å². The van der Waals surface area contributed by atoms with Crippen LogP contribution in [0.25, 0.3) is 22.0 Å². The predicted molar refractivity (Wildman–Crippen MR) is 111 cm³/mol. The summed E-state index contributed by atoms with van der Waals surface area (Å²) in [7, 11) is 0. The van der Waals surface area contributed by atoms with Gasteiger partial charge in [-0.1, -0.05) is 19.3 Å². The largest absolute Gasteiger partial charge is 0.508 e. The highest BCUT2D eigenvalue weighted by Gasteiger charge is 2.23. The standard InChI is InChI=1S/C22H24N2O3S/c1-14-18(22(26)27)11-20(24(14)12-15-5-3-2-4-6-15)19-13-28-21(23-19)16-7-9-17(25)10-8-16/h7-11,13,15,25H,2-6,12H2,1H3,(H,26,27). The molecule has 1 aliphatic rings. The molecule has 6 heteroatoms. The minimum absolute atomic E-state index is 0.226. The van der Waals surface area contributed by atoms with Crippen molar-refractivity contribution < 1.29 is 15.0 Å². The Kier molecular flexibility index (Phi) is 5.22. The van der Waals surface area contributed by atoms with E-state index in [2.05, 4.69) is 4.57 Å². The Bertz CT molecular complexity index is 982. The van der Waals surface area contributed by atoms with Gasteiger partial charge < -0.3 is 14.8 Å². The van der Waals surface area contributed by atoms with Crippen molar-refractivity contribution in [2.75, 3.05) is 0 Å². The Morgan fingerprint density at radius 1 is 1.21 bits per heavy atom. The lowest BCUT2D eigenvalue weighted by atomic mass is 9.89. The molecule has 0 saturated heterocycles. The maximum absolute atomic E-state index is 11.7. The molecule has 5 nitrogen and oxygen atoms in total. The van der Waals surface area contributed by atoms with E-state index in [0.29, 0.717) is 11.5 Å². The Morgan fingerprint density at radius 3 is 2.61 bits per heavy atom. The van der Waals surface area contributed by atoms with Crippen LogP contribution in [-0.4, -0.2) is 25.7 Å². The van der Waals surface area contributed by atoms with Gasteiger partial charge in [0.1, 0.15) is 10.8 Å². The molecule has 146 valence electrons. The van der Waals surface area contributed by atoms with Gasteiger partial charge in [-0.15, -0.1) is 11.3 Å². The molecule has 2 N–H and O–H groups in total. The van der Waals surface area contributed by atoms with E-state index in [9.17, 15) is 15.0 Å². The zero-order chi connectivity index (χ0) is 19.7. The van der Waals surface area contributed by atoms with Crippen molar-refractivity contribution in [3.63, 3.8) is 0 Å². The van der Waals surface area contributed by atoms with Crippen molar-refractivity contribution in [3.8, 4) is 27.7 Å². The first-order valence-corrected chi connectivity index (χ1v) is 10.6. The summed E-state index contributed by atoms with van der Waals surface area (Å²) in [6.45, 7) is 2.74. The van der Waals surface area contributed by atoms with Gasteiger partial charge in [0.15, 0.2) is 0 Å². The number of aromatic nitrogens is 2. The SMILES string of the molecule is Cc1c(C(=O)O)cc(-c2csc(-c3ccc(O)cc3)n2)n1CC1CCCCC1. The summed E-state index contributed by atoms with van der Waals surface area (Å²) in [5.74, 6) is -0.0748. The molecule has 1 aliphatic carbocycles. The first-order valence-electron chi connectivity index (χ1n) is 9.71. The second-order valence-corrected chi connectivity index (χ2v) is 8.39. The van der Waals surface area contributed by atoms with E-state index >= 15 is 0 Å². The maximum atomic E-state index is 11.7. The van der Waals surface area contributed by atoms with Crippen LogP contribution in [0.5, 0.6) is 5.75 Å². The molecule has 0 radical (unpaired) electrons. The highest BCUT2D eigenvalue weighted by atomic mass is 32.1. The van der Waals surface area contributed by atoms with Crippen LogP contribution in [0.2, 0.25) is 0 Å². The highest BCUT2D eigenvalue weighted by Crippen LogP contribution is 2.34. The van der Waals surface area contributed by atoms with Crippen LogP contribution in [0, 0.1) is 12.8 Å². The summed E-state index contributed by atoms with van der Waals surface area (Å²) in [6, 6.07) is 8.74. The summed E-state index contributed by atoms with van der Waals surface area (Å²) >= 11 is 1.53. The van der Waals surface area contributed by atoms with Gasteiger partial charge in [0.25, 0.3) is 0 Å². The molecule has 0 unspecified atom stereocenters. The normalized spacial score (nSPS) is 15.0. The van der Waals surface area contributed by atoms with Gasteiger partial charge in [-0.05, 0) is 56.0 Å². The number of hydrogen-bond donors (Lipinski definition) is 2. The molecule has 1 saturated carbocycles. The molecule has 0 aliphatic heterocycles. The fraction of sp³-hybridized carbons (Fsp3) is 0.364. The molecule has 2 aromatic heterocycles. The molecule has 1 aromatic carbocycles. The lowest BCUT2D eigenvalue weighted by Gasteiger charge is -2.24. The van der Waals surface area contributed by atoms with Gasteiger partial charge >= 0.3 is 5.97 Å². The zero-order valence-corrected chi connectivity index (χ0v) is 16.7.